The van der Waals surface area contributed by atoms with Crippen LogP contribution in [0.4, 0.5) is 24.5 Å². The Morgan fingerprint density at radius 1 is 1.11 bits per heavy atom. The van der Waals surface area contributed by atoms with E-state index >= 15 is 0 Å². The molecule has 0 saturated carbocycles. The van der Waals surface area contributed by atoms with E-state index < -0.39 is 17.7 Å². The summed E-state index contributed by atoms with van der Waals surface area (Å²) in [6, 6.07) is 3.83. The summed E-state index contributed by atoms with van der Waals surface area (Å²) in [5, 5.41) is 0. The minimum absolute atomic E-state index is 0.0398. The normalized spacial score (nSPS) is 21.9. The van der Waals surface area contributed by atoms with E-state index in [0.717, 1.165) is 35.0 Å². The van der Waals surface area contributed by atoms with Crippen molar-refractivity contribution in [3.8, 4) is 5.75 Å². The molecule has 0 bridgehead atoms. The van der Waals surface area contributed by atoms with Crippen LogP contribution in [-0.2, 0) is 16.0 Å². The number of rotatable bonds is 1. The molecule has 2 saturated heterocycles. The van der Waals surface area contributed by atoms with E-state index in [0.29, 0.717) is 38.2 Å². The predicted octanol–water partition coefficient (Wildman–Crippen LogP) is 1.96. The summed E-state index contributed by atoms with van der Waals surface area (Å²) in [5.41, 5.74) is 8.22. The van der Waals surface area contributed by atoms with Gasteiger partial charge in [0.25, 0.3) is 0 Å². The van der Waals surface area contributed by atoms with E-state index in [4.69, 9.17) is 15.2 Å². The fourth-order valence-electron chi connectivity index (χ4n) is 4.14. The monoisotopic (exact) mass is 385 g/mol. The molecule has 0 atom stereocenters. The standard InChI is InChI=1S/C18H22F3N3O3/c19-18(20,21)16(25)24-3-1-17(2-4-24)11-12-9-13(22)14(10-15(12)27-17)23-5-7-26-8-6-23/h9-10H,1-8,11,22H2. The molecule has 0 aromatic heterocycles. The maximum Gasteiger partial charge on any atom is 0.471 e. The molecular weight excluding hydrogens is 363 g/mol. The number of nitrogen functional groups attached to an aromatic ring is 1. The lowest BCUT2D eigenvalue weighted by Gasteiger charge is -2.38. The second-order valence-corrected chi connectivity index (χ2v) is 7.37. The average Bonchev–Trinajstić information content (AvgIpc) is 2.97. The quantitative estimate of drug-likeness (QED) is 0.749. The summed E-state index contributed by atoms with van der Waals surface area (Å²) < 4.78 is 49.5. The van der Waals surface area contributed by atoms with Crippen LogP contribution in [0.1, 0.15) is 18.4 Å². The fraction of sp³-hybridized carbons (Fsp3) is 0.611. The van der Waals surface area contributed by atoms with Gasteiger partial charge in [0.15, 0.2) is 0 Å². The average molecular weight is 385 g/mol. The zero-order chi connectivity index (χ0) is 19.2. The maximum atomic E-state index is 12.6. The third-order valence-electron chi connectivity index (χ3n) is 5.61. The number of anilines is 2. The van der Waals surface area contributed by atoms with Gasteiger partial charge in [-0.1, -0.05) is 0 Å². The molecule has 1 amide bonds. The second kappa shape index (κ2) is 6.47. The summed E-state index contributed by atoms with van der Waals surface area (Å²) in [6.45, 7) is 2.87. The van der Waals surface area contributed by atoms with Crippen LogP contribution in [0.15, 0.2) is 12.1 Å². The third kappa shape index (κ3) is 3.40. The zero-order valence-electron chi connectivity index (χ0n) is 14.8. The molecule has 0 radical (unpaired) electrons. The number of piperidine rings is 1. The van der Waals surface area contributed by atoms with Crippen LogP contribution in [-0.4, -0.2) is 62.0 Å². The number of fused-ring (bicyclic) bond motifs is 1. The highest BCUT2D eigenvalue weighted by atomic mass is 19.4. The van der Waals surface area contributed by atoms with Crippen molar-refractivity contribution in [2.45, 2.75) is 31.0 Å². The van der Waals surface area contributed by atoms with E-state index in [-0.39, 0.29) is 13.1 Å². The molecule has 6 nitrogen and oxygen atoms in total. The second-order valence-electron chi connectivity index (χ2n) is 7.37. The molecule has 3 aliphatic rings. The Bertz CT molecular complexity index is 739. The van der Waals surface area contributed by atoms with Crippen molar-refractivity contribution < 1.29 is 27.4 Å². The van der Waals surface area contributed by atoms with Crippen molar-refractivity contribution in [3.05, 3.63) is 17.7 Å². The molecule has 1 aromatic rings. The third-order valence-corrected chi connectivity index (χ3v) is 5.61. The van der Waals surface area contributed by atoms with Crippen molar-refractivity contribution in [3.63, 3.8) is 0 Å². The number of hydrogen-bond donors (Lipinski definition) is 1. The lowest BCUT2D eigenvalue weighted by atomic mass is 9.87. The van der Waals surface area contributed by atoms with Gasteiger partial charge in [0.2, 0.25) is 0 Å². The molecule has 2 fully saturated rings. The number of alkyl halides is 3. The molecule has 2 N–H and O–H groups in total. The van der Waals surface area contributed by atoms with E-state index in [1.165, 1.54) is 0 Å². The largest absolute Gasteiger partial charge is 0.486 e. The first kappa shape index (κ1) is 18.2. The van der Waals surface area contributed by atoms with Crippen LogP contribution in [0.2, 0.25) is 0 Å². The molecule has 148 valence electrons. The number of likely N-dealkylation sites (tertiary alicyclic amines) is 1. The topological polar surface area (TPSA) is 68.0 Å². The molecular formula is C18H22F3N3O3. The summed E-state index contributed by atoms with van der Waals surface area (Å²) in [4.78, 5) is 14.5. The first-order valence-corrected chi connectivity index (χ1v) is 9.08. The number of benzene rings is 1. The number of hydrogen-bond acceptors (Lipinski definition) is 5. The van der Waals surface area contributed by atoms with Gasteiger partial charge in [-0.3, -0.25) is 4.79 Å². The number of amides is 1. The number of halogens is 3. The van der Waals surface area contributed by atoms with Gasteiger partial charge in [-0.05, 0) is 6.07 Å². The Balaban J connectivity index is 1.47. The Hall–Kier alpha value is -2.16. The smallest absolute Gasteiger partial charge is 0.471 e. The van der Waals surface area contributed by atoms with E-state index in [9.17, 15) is 18.0 Å². The minimum atomic E-state index is -4.83. The van der Waals surface area contributed by atoms with Crippen LogP contribution in [0, 0.1) is 0 Å². The van der Waals surface area contributed by atoms with Crippen LogP contribution >= 0.6 is 0 Å². The molecule has 1 spiro atoms. The van der Waals surface area contributed by atoms with Crippen molar-refractivity contribution in [1.29, 1.82) is 0 Å². The van der Waals surface area contributed by atoms with Gasteiger partial charge in [-0.25, -0.2) is 0 Å². The highest BCUT2D eigenvalue weighted by Crippen LogP contribution is 2.45. The summed E-state index contributed by atoms with van der Waals surface area (Å²) >= 11 is 0. The van der Waals surface area contributed by atoms with Crippen molar-refractivity contribution in [2.75, 3.05) is 50.0 Å². The lowest BCUT2D eigenvalue weighted by Crippen LogP contribution is -2.52. The highest BCUT2D eigenvalue weighted by molar-refractivity contribution is 5.82. The number of carbonyl (C=O) groups excluding carboxylic acids is 1. The lowest BCUT2D eigenvalue weighted by molar-refractivity contribution is -0.188. The molecule has 27 heavy (non-hydrogen) atoms. The minimum Gasteiger partial charge on any atom is -0.486 e. The summed E-state index contributed by atoms with van der Waals surface area (Å²) in [6.07, 6.45) is -3.48. The Labute approximate surface area is 155 Å². The van der Waals surface area contributed by atoms with Gasteiger partial charge >= 0.3 is 12.1 Å². The number of nitrogens with zero attached hydrogens (tertiary/aromatic N) is 2. The van der Waals surface area contributed by atoms with Crippen molar-refractivity contribution in [2.24, 2.45) is 0 Å². The van der Waals surface area contributed by atoms with Gasteiger partial charge < -0.3 is 25.0 Å². The van der Waals surface area contributed by atoms with Crippen LogP contribution in [0.3, 0.4) is 0 Å². The van der Waals surface area contributed by atoms with Gasteiger partial charge in [0.1, 0.15) is 11.4 Å². The van der Waals surface area contributed by atoms with Crippen LogP contribution in [0.25, 0.3) is 0 Å². The molecule has 1 aromatic carbocycles. The number of morpholine rings is 1. The molecule has 3 aliphatic heterocycles. The molecule has 4 rings (SSSR count). The molecule has 3 heterocycles. The van der Waals surface area contributed by atoms with E-state index in [1.54, 1.807) is 0 Å². The first-order chi connectivity index (χ1) is 12.8. The van der Waals surface area contributed by atoms with Gasteiger partial charge in [-0.15, -0.1) is 0 Å². The van der Waals surface area contributed by atoms with Crippen LogP contribution < -0.4 is 15.4 Å². The number of carbonyl (C=O) groups is 1. The van der Waals surface area contributed by atoms with E-state index in [1.807, 2.05) is 12.1 Å². The Morgan fingerprint density at radius 3 is 2.41 bits per heavy atom. The van der Waals surface area contributed by atoms with Gasteiger partial charge in [0.05, 0.1) is 24.6 Å². The number of ether oxygens (including phenoxy) is 2. The van der Waals surface area contributed by atoms with Crippen LogP contribution in [0.5, 0.6) is 5.75 Å². The van der Waals surface area contributed by atoms with Gasteiger partial charge in [-0.2, -0.15) is 13.2 Å². The highest BCUT2D eigenvalue weighted by Gasteiger charge is 2.48. The molecule has 9 heteroatoms. The SMILES string of the molecule is Nc1cc2c(cc1N1CCOCC1)OC1(CCN(C(=O)C(F)(F)F)CC1)C2. The Morgan fingerprint density at radius 2 is 1.78 bits per heavy atom. The zero-order valence-corrected chi connectivity index (χ0v) is 14.8. The van der Waals surface area contributed by atoms with Gasteiger partial charge in [0, 0.05) is 57.1 Å². The summed E-state index contributed by atoms with van der Waals surface area (Å²) in [5.74, 6) is -1.03. The number of nitrogens with two attached hydrogens (primary N) is 1. The van der Waals surface area contributed by atoms with Crippen molar-refractivity contribution in [1.82, 2.24) is 4.90 Å². The first-order valence-electron chi connectivity index (χ1n) is 9.08. The van der Waals surface area contributed by atoms with Crippen molar-refractivity contribution >= 4 is 17.3 Å². The molecule has 0 aliphatic carbocycles. The molecule has 0 unspecified atom stereocenters. The Kier molecular flexibility index (Phi) is 4.37. The maximum absolute atomic E-state index is 12.6. The fourth-order valence-corrected chi connectivity index (χ4v) is 4.14. The van der Waals surface area contributed by atoms with E-state index in [2.05, 4.69) is 4.90 Å². The summed E-state index contributed by atoms with van der Waals surface area (Å²) in [7, 11) is 0. The predicted molar refractivity (Wildman–Crippen MR) is 92.8 cm³/mol.